The third-order valence-electron chi connectivity index (χ3n) is 6.64. The lowest BCUT2D eigenvalue weighted by atomic mass is 9.99. The van der Waals surface area contributed by atoms with Crippen LogP contribution >= 0.6 is 0 Å². The fourth-order valence-corrected chi connectivity index (χ4v) is 4.73. The molecule has 2 fully saturated rings. The van der Waals surface area contributed by atoms with Gasteiger partial charge in [0, 0.05) is 31.2 Å². The van der Waals surface area contributed by atoms with E-state index in [0.29, 0.717) is 41.6 Å². The van der Waals surface area contributed by atoms with Crippen LogP contribution in [0.1, 0.15) is 53.7 Å². The molecule has 0 atom stereocenters. The van der Waals surface area contributed by atoms with Gasteiger partial charge >= 0.3 is 0 Å². The number of benzene rings is 1. The molecule has 0 bridgehead atoms. The Kier molecular flexibility index (Phi) is 7.29. The van der Waals surface area contributed by atoms with E-state index >= 15 is 0 Å². The Morgan fingerprint density at radius 2 is 1.81 bits per heavy atom. The minimum atomic E-state index is -0.850. The molecule has 1 amide bonds. The van der Waals surface area contributed by atoms with Crippen molar-refractivity contribution in [1.82, 2.24) is 19.8 Å². The highest BCUT2D eigenvalue weighted by Crippen LogP contribution is 2.23. The van der Waals surface area contributed by atoms with Crippen LogP contribution in [0.5, 0.6) is 0 Å². The maximum atomic E-state index is 13.4. The summed E-state index contributed by atoms with van der Waals surface area (Å²) in [6.45, 7) is 6.20. The number of carbonyl (C=O) groups excluding carboxylic acids is 1. The first-order valence-electron chi connectivity index (χ1n) is 11.6. The number of likely N-dealkylation sites (tertiary alicyclic amines) is 2. The zero-order chi connectivity index (χ0) is 22.5. The number of aromatic nitrogens is 2. The Hall–Kier alpha value is -2.61. The van der Waals surface area contributed by atoms with Crippen LogP contribution < -0.4 is 5.32 Å². The molecule has 1 aromatic heterocycles. The van der Waals surface area contributed by atoms with Gasteiger partial charge in [0.1, 0.15) is 17.8 Å². The van der Waals surface area contributed by atoms with E-state index in [1.165, 1.54) is 44.7 Å². The average Bonchev–Trinajstić information content (AvgIpc) is 2.83. The van der Waals surface area contributed by atoms with E-state index in [2.05, 4.69) is 20.2 Å². The molecule has 2 aliphatic rings. The molecule has 8 heteroatoms. The molecule has 6 nitrogen and oxygen atoms in total. The minimum absolute atomic E-state index is 0.0503. The van der Waals surface area contributed by atoms with E-state index in [1.807, 2.05) is 11.8 Å². The Bertz CT molecular complexity index is 940. The number of nitrogens with one attached hydrogen (secondary N) is 1. The van der Waals surface area contributed by atoms with E-state index < -0.39 is 11.6 Å². The highest BCUT2D eigenvalue weighted by Gasteiger charge is 2.29. The summed E-state index contributed by atoms with van der Waals surface area (Å²) in [6.07, 6.45) is 7.83. The van der Waals surface area contributed by atoms with Gasteiger partial charge in [-0.1, -0.05) is 12.5 Å². The zero-order valence-corrected chi connectivity index (χ0v) is 18.6. The highest BCUT2D eigenvalue weighted by atomic mass is 19.2. The number of rotatable bonds is 6. The van der Waals surface area contributed by atoms with Crippen molar-refractivity contribution in [3.63, 3.8) is 0 Å². The summed E-state index contributed by atoms with van der Waals surface area (Å²) >= 11 is 0. The summed E-state index contributed by atoms with van der Waals surface area (Å²) in [5.74, 6) is -1.16. The van der Waals surface area contributed by atoms with Gasteiger partial charge in [0.15, 0.2) is 11.6 Å². The van der Waals surface area contributed by atoms with E-state index in [1.54, 1.807) is 6.07 Å². The summed E-state index contributed by atoms with van der Waals surface area (Å²) in [7, 11) is 0. The summed E-state index contributed by atoms with van der Waals surface area (Å²) < 4.78 is 26.5. The molecule has 1 N–H and O–H groups in total. The van der Waals surface area contributed by atoms with Crippen molar-refractivity contribution in [2.75, 3.05) is 38.0 Å². The van der Waals surface area contributed by atoms with Gasteiger partial charge in [-0.05, 0) is 69.8 Å². The van der Waals surface area contributed by atoms with Crippen molar-refractivity contribution in [2.45, 2.75) is 51.5 Å². The molecule has 3 heterocycles. The van der Waals surface area contributed by atoms with E-state index in [0.717, 1.165) is 32.0 Å². The molecule has 2 aromatic rings. The maximum Gasteiger partial charge on any atom is 0.272 e. The van der Waals surface area contributed by atoms with Gasteiger partial charge in [-0.2, -0.15) is 0 Å². The molecule has 2 aliphatic heterocycles. The second kappa shape index (κ2) is 10.3. The number of anilines is 1. The average molecular weight is 444 g/mol. The van der Waals surface area contributed by atoms with Crippen LogP contribution in [0.15, 0.2) is 24.5 Å². The molecule has 2 saturated heterocycles. The van der Waals surface area contributed by atoms with Gasteiger partial charge in [-0.25, -0.2) is 18.7 Å². The highest BCUT2D eigenvalue weighted by molar-refractivity contribution is 5.94. The van der Waals surface area contributed by atoms with Crippen molar-refractivity contribution in [2.24, 2.45) is 0 Å². The molecular formula is C24H31F2N5O. The summed E-state index contributed by atoms with van der Waals surface area (Å²) in [5, 5.41) is 3.20. The van der Waals surface area contributed by atoms with Crippen molar-refractivity contribution < 1.29 is 13.6 Å². The van der Waals surface area contributed by atoms with Crippen LogP contribution in [-0.2, 0) is 6.42 Å². The van der Waals surface area contributed by atoms with Crippen LogP contribution in [0.2, 0.25) is 0 Å². The quantitative estimate of drug-likeness (QED) is 0.736. The molecule has 0 unspecified atom stereocenters. The first kappa shape index (κ1) is 22.6. The Morgan fingerprint density at radius 3 is 2.53 bits per heavy atom. The third kappa shape index (κ3) is 5.23. The molecule has 32 heavy (non-hydrogen) atoms. The normalized spacial score (nSPS) is 18.0. The van der Waals surface area contributed by atoms with Gasteiger partial charge in [0.25, 0.3) is 5.91 Å². The fourth-order valence-electron chi connectivity index (χ4n) is 4.73. The van der Waals surface area contributed by atoms with Gasteiger partial charge in [0.05, 0.1) is 0 Å². The van der Waals surface area contributed by atoms with Gasteiger partial charge in [-0.3, -0.25) is 4.79 Å². The zero-order valence-electron chi connectivity index (χ0n) is 18.6. The van der Waals surface area contributed by atoms with Crippen LogP contribution in [-0.4, -0.2) is 64.4 Å². The predicted octanol–water partition coefficient (Wildman–Crippen LogP) is 3.81. The number of hydrogen-bond donors (Lipinski definition) is 1. The molecule has 172 valence electrons. The predicted molar refractivity (Wildman–Crippen MR) is 120 cm³/mol. The summed E-state index contributed by atoms with van der Waals surface area (Å²) in [5.41, 5.74) is 1.82. The van der Waals surface area contributed by atoms with Crippen LogP contribution in [0.4, 0.5) is 14.6 Å². The van der Waals surface area contributed by atoms with E-state index in [4.69, 9.17) is 0 Å². The molecule has 4 rings (SSSR count). The Balaban J connectivity index is 1.33. The number of halogens is 2. The Morgan fingerprint density at radius 1 is 1.06 bits per heavy atom. The minimum Gasteiger partial charge on any atom is -0.369 e. The Labute approximate surface area is 188 Å². The largest absolute Gasteiger partial charge is 0.369 e. The summed E-state index contributed by atoms with van der Waals surface area (Å²) in [6, 6.07) is 4.48. The third-order valence-corrected chi connectivity index (χ3v) is 6.64. The lowest BCUT2D eigenvalue weighted by Gasteiger charge is -2.40. The molecular weight excluding hydrogens is 412 g/mol. The van der Waals surface area contributed by atoms with Crippen molar-refractivity contribution in [1.29, 1.82) is 0 Å². The smallest absolute Gasteiger partial charge is 0.272 e. The van der Waals surface area contributed by atoms with Crippen LogP contribution in [0.3, 0.4) is 0 Å². The first-order chi connectivity index (χ1) is 15.5. The number of piperidine rings is 2. The SMILES string of the molecule is Cc1c(NCCc2ccc(F)c(F)c2)ncnc1C(=O)N1CCC(N2CCCCC2)CC1. The number of carbonyl (C=O) groups is 1. The lowest BCUT2D eigenvalue weighted by molar-refractivity contribution is 0.0584. The molecule has 0 saturated carbocycles. The second-order valence-electron chi connectivity index (χ2n) is 8.74. The van der Waals surface area contributed by atoms with E-state index in [-0.39, 0.29) is 5.91 Å². The van der Waals surface area contributed by atoms with Crippen LogP contribution in [0.25, 0.3) is 0 Å². The number of hydrogen-bond acceptors (Lipinski definition) is 5. The van der Waals surface area contributed by atoms with Crippen LogP contribution in [0, 0.1) is 18.6 Å². The van der Waals surface area contributed by atoms with Crippen molar-refractivity contribution in [3.05, 3.63) is 53.0 Å². The van der Waals surface area contributed by atoms with E-state index in [9.17, 15) is 13.6 Å². The molecule has 0 radical (unpaired) electrons. The molecule has 0 spiro atoms. The van der Waals surface area contributed by atoms with Gasteiger partial charge in [0.2, 0.25) is 0 Å². The second-order valence-corrected chi connectivity index (χ2v) is 8.74. The van der Waals surface area contributed by atoms with Gasteiger partial charge < -0.3 is 15.1 Å². The van der Waals surface area contributed by atoms with Crippen molar-refractivity contribution >= 4 is 11.7 Å². The maximum absolute atomic E-state index is 13.4. The standard InChI is InChI=1S/C24H31F2N5O/c1-17-22(24(32)31-13-8-19(9-14-31)30-11-3-2-4-12-30)28-16-29-23(17)27-10-7-18-5-6-20(25)21(26)15-18/h5-6,15-16,19H,2-4,7-14H2,1H3,(H,27,28,29). The summed E-state index contributed by atoms with van der Waals surface area (Å²) in [4.78, 5) is 26.2. The van der Waals surface area contributed by atoms with Gasteiger partial charge in [-0.15, -0.1) is 0 Å². The topological polar surface area (TPSA) is 61.4 Å². The fraction of sp³-hybridized carbons (Fsp3) is 0.542. The molecule has 0 aliphatic carbocycles. The monoisotopic (exact) mass is 443 g/mol. The number of nitrogens with zero attached hydrogens (tertiary/aromatic N) is 4. The number of amides is 1. The lowest BCUT2D eigenvalue weighted by Crippen LogP contribution is -2.48. The molecule has 1 aromatic carbocycles. The van der Waals surface area contributed by atoms with Crippen molar-refractivity contribution in [3.8, 4) is 0 Å². The first-order valence-corrected chi connectivity index (χ1v) is 11.6.